The molecule has 0 radical (unpaired) electrons. The van der Waals surface area contributed by atoms with E-state index in [4.69, 9.17) is 14.2 Å². The molecular weight excluding hydrogens is 184 g/mol. The number of esters is 1. The third-order valence-corrected chi connectivity index (χ3v) is 1.53. The number of hydrogen-bond donors (Lipinski definition) is 0. The number of rotatable bonds is 9. The highest BCUT2D eigenvalue weighted by molar-refractivity contribution is 5.81. The van der Waals surface area contributed by atoms with Crippen molar-refractivity contribution in [3.63, 3.8) is 0 Å². The summed E-state index contributed by atoms with van der Waals surface area (Å²) in [7, 11) is 1.64. The molecule has 0 unspecified atom stereocenters. The molecule has 0 N–H and O–H groups in total. The molecule has 4 heteroatoms. The molecule has 0 heterocycles. The van der Waals surface area contributed by atoms with Crippen LogP contribution < -0.4 is 0 Å². The maximum atomic E-state index is 10.6. The van der Waals surface area contributed by atoms with Gasteiger partial charge >= 0.3 is 5.97 Å². The molecule has 0 saturated carbocycles. The van der Waals surface area contributed by atoms with Crippen molar-refractivity contribution in [2.24, 2.45) is 0 Å². The molecular formula is C10H18O4. The molecule has 0 aliphatic rings. The van der Waals surface area contributed by atoms with Crippen LogP contribution in [0, 0.1) is 0 Å². The van der Waals surface area contributed by atoms with Gasteiger partial charge < -0.3 is 14.2 Å². The van der Waals surface area contributed by atoms with Crippen molar-refractivity contribution in [2.75, 3.05) is 33.5 Å². The highest BCUT2D eigenvalue weighted by Crippen LogP contribution is 1.92. The number of methoxy groups -OCH3 is 1. The molecule has 0 aliphatic heterocycles. The minimum absolute atomic E-state index is 0.370. The Hall–Kier alpha value is -0.870. The number of carbonyl (C=O) groups is 1. The van der Waals surface area contributed by atoms with Gasteiger partial charge in [0.05, 0.1) is 19.8 Å². The van der Waals surface area contributed by atoms with E-state index in [1.54, 1.807) is 7.11 Å². The topological polar surface area (TPSA) is 44.8 Å². The Morgan fingerprint density at radius 3 is 2.57 bits per heavy atom. The molecule has 0 fully saturated rings. The summed E-state index contributed by atoms with van der Waals surface area (Å²) in [6.07, 6.45) is 2.86. The molecule has 0 bridgehead atoms. The van der Waals surface area contributed by atoms with Gasteiger partial charge in [-0.05, 0) is 12.8 Å². The number of hydrogen-bond acceptors (Lipinski definition) is 4. The first-order valence-corrected chi connectivity index (χ1v) is 4.67. The lowest BCUT2D eigenvalue weighted by Crippen LogP contribution is -2.05. The van der Waals surface area contributed by atoms with Gasteiger partial charge in [-0.3, -0.25) is 0 Å². The zero-order valence-corrected chi connectivity index (χ0v) is 8.66. The third-order valence-electron chi connectivity index (χ3n) is 1.53. The molecule has 0 aromatic rings. The fraction of sp³-hybridized carbons (Fsp3) is 0.700. The van der Waals surface area contributed by atoms with E-state index in [1.807, 2.05) is 0 Å². The van der Waals surface area contributed by atoms with Crippen LogP contribution in [0.2, 0.25) is 0 Å². The SMILES string of the molecule is C=CC(=O)OCCCCOCCOC. The standard InChI is InChI=1S/C10H18O4/c1-3-10(11)14-7-5-4-6-13-9-8-12-2/h3H,1,4-9H2,2H3. The molecule has 0 aromatic carbocycles. The Morgan fingerprint density at radius 2 is 1.93 bits per heavy atom. The predicted molar refractivity (Wildman–Crippen MR) is 53.1 cm³/mol. The minimum atomic E-state index is -0.370. The van der Waals surface area contributed by atoms with Crippen LogP contribution in [0.5, 0.6) is 0 Å². The minimum Gasteiger partial charge on any atom is -0.463 e. The van der Waals surface area contributed by atoms with Gasteiger partial charge in [-0.25, -0.2) is 4.79 Å². The van der Waals surface area contributed by atoms with Crippen molar-refractivity contribution in [1.29, 1.82) is 0 Å². The van der Waals surface area contributed by atoms with Gasteiger partial charge in [0.1, 0.15) is 0 Å². The maximum absolute atomic E-state index is 10.6. The highest BCUT2D eigenvalue weighted by atomic mass is 16.5. The van der Waals surface area contributed by atoms with E-state index < -0.39 is 0 Å². The molecule has 0 atom stereocenters. The Kier molecular flexibility index (Phi) is 9.58. The zero-order valence-electron chi connectivity index (χ0n) is 8.66. The highest BCUT2D eigenvalue weighted by Gasteiger charge is 1.94. The van der Waals surface area contributed by atoms with Crippen molar-refractivity contribution < 1.29 is 19.0 Å². The predicted octanol–water partition coefficient (Wildman–Crippen LogP) is 1.16. The first kappa shape index (κ1) is 13.1. The van der Waals surface area contributed by atoms with Crippen LogP contribution in [0.3, 0.4) is 0 Å². The summed E-state index contributed by atoms with van der Waals surface area (Å²) in [6.45, 7) is 5.63. The van der Waals surface area contributed by atoms with E-state index in [0.29, 0.717) is 26.4 Å². The normalized spacial score (nSPS) is 9.79. The Bertz CT molecular complexity index is 156. The molecule has 0 aliphatic carbocycles. The molecule has 82 valence electrons. The van der Waals surface area contributed by atoms with Crippen LogP contribution in [0.1, 0.15) is 12.8 Å². The fourth-order valence-corrected chi connectivity index (χ4v) is 0.782. The van der Waals surface area contributed by atoms with E-state index in [2.05, 4.69) is 6.58 Å². The average Bonchev–Trinajstić information content (AvgIpc) is 2.21. The summed E-state index contributed by atoms with van der Waals surface area (Å²) < 4.78 is 14.8. The second-order valence-electron chi connectivity index (χ2n) is 2.68. The Balaban J connectivity index is 2.99. The van der Waals surface area contributed by atoms with Gasteiger partial charge in [0.2, 0.25) is 0 Å². The van der Waals surface area contributed by atoms with Crippen LogP contribution >= 0.6 is 0 Å². The summed E-state index contributed by atoms with van der Waals surface area (Å²) >= 11 is 0. The number of carbonyl (C=O) groups excluding carboxylic acids is 1. The van der Waals surface area contributed by atoms with Crippen LogP contribution in [0.15, 0.2) is 12.7 Å². The second-order valence-corrected chi connectivity index (χ2v) is 2.68. The summed E-state index contributed by atoms with van der Waals surface area (Å²) in [6, 6.07) is 0. The Labute approximate surface area is 84.8 Å². The smallest absolute Gasteiger partial charge is 0.330 e. The van der Waals surface area contributed by atoms with Gasteiger partial charge in [0.15, 0.2) is 0 Å². The molecule has 14 heavy (non-hydrogen) atoms. The molecule has 0 spiro atoms. The summed E-state index contributed by atoms with van der Waals surface area (Å²) in [5.74, 6) is -0.370. The number of ether oxygens (including phenoxy) is 3. The van der Waals surface area contributed by atoms with E-state index >= 15 is 0 Å². The lowest BCUT2D eigenvalue weighted by atomic mass is 10.3. The van der Waals surface area contributed by atoms with Gasteiger partial charge in [0.25, 0.3) is 0 Å². The van der Waals surface area contributed by atoms with Gasteiger partial charge in [-0.15, -0.1) is 0 Å². The fourth-order valence-electron chi connectivity index (χ4n) is 0.782. The average molecular weight is 202 g/mol. The lowest BCUT2D eigenvalue weighted by Gasteiger charge is -2.03. The largest absolute Gasteiger partial charge is 0.463 e. The maximum Gasteiger partial charge on any atom is 0.330 e. The Morgan fingerprint density at radius 1 is 1.21 bits per heavy atom. The van der Waals surface area contributed by atoms with Crippen molar-refractivity contribution in [3.8, 4) is 0 Å². The summed E-state index contributed by atoms with van der Waals surface area (Å²) in [5, 5.41) is 0. The van der Waals surface area contributed by atoms with Gasteiger partial charge in [0, 0.05) is 19.8 Å². The number of unbranched alkanes of at least 4 members (excludes halogenated alkanes) is 1. The second kappa shape index (κ2) is 10.2. The lowest BCUT2D eigenvalue weighted by molar-refractivity contribution is -0.137. The molecule has 4 nitrogen and oxygen atoms in total. The van der Waals surface area contributed by atoms with Crippen LogP contribution in [0.25, 0.3) is 0 Å². The first-order chi connectivity index (χ1) is 6.81. The quantitative estimate of drug-likeness (QED) is 0.320. The summed E-state index contributed by atoms with van der Waals surface area (Å²) in [4.78, 5) is 10.6. The molecule has 0 aromatic heterocycles. The van der Waals surface area contributed by atoms with E-state index in [0.717, 1.165) is 18.9 Å². The van der Waals surface area contributed by atoms with Crippen molar-refractivity contribution in [1.82, 2.24) is 0 Å². The summed E-state index contributed by atoms with van der Waals surface area (Å²) in [5.41, 5.74) is 0. The monoisotopic (exact) mass is 202 g/mol. The van der Waals surface area contributed by atoms with Crippen molar-refractivity contribution in [3.05, 3.63) is 12.7 Å². The van der Waals surface area contributed by atoms with E-state index in [9.17, 15) is 4.79 Å². The van der Waals surface area contributed by atoms with Crippen molar-refractivity contribution >= 4 is 5.97 Å². The molecule has 0 rings (SSSR count). The van der Waals surface area contributed by atoms with Crippen molar-refractivity contribution in [2.45, 2.75) is 12.8 Å². The zero-order chi connectivity index (χ0) is 10.6. The van der Waals surface area contributed by atoms with Crippen LogP contribution in [0.4, 0.5) is 0 Å². The first-order valence-electron chi connectivity index (χ1n) is 4.67. The van der Waals surface area contributed by atoms with E-state index in [1.165, 1.54) is 0 Å². The third kappa shape index (κ3) is 9.22. The van der Waals surface area contributed by atoms with E-state index in [-0.39, 0.29) is 5.97 Å². The van der Waals surface area contributed by atoms with Gasteiger partial charge in [-0.2, -0.15) is 0 Å². The van der Waals surface area contributed by atoms with Gasteiger partial charge in [-0.1, -0.05) is 6.58 Å². The van der Waals surface area contributed by atoms with Crippen LogP contribution in [-0.4, -0.2) is 39.5 Å². The molecule has 0 saturated heterocycles. The molecule has 0 amide bonds. The van der Waals surface area contributed by atoms with Crippen LogP contribution in [-0.2, 0) is 19.0 Å².